The molecule has 118 valence electrons. The van der Waals surface area contributed by atoms with Gasteiger partial charge in [-0.15, -0.1) is 11.3 Å². The number of ether oxygens (including phenoxy) is 1. The van der Waals surface area contributed by atoms with Crippen LogP contribution in [0.3, 0.4) is 0 Å². The average Bonchev–Trinajstić information content (AvgIpc) is 2.93. The predicted molar refractivity (Wildman–Crippen MR) is 85.4 cm³/mol. The van der Waals surface area contributed by atoms with Crippen LogP contribution in [-0.4, -0.2) is 13.1 Å². The molecule has 0 radical (unpaired) electrons. The molecule has 3 aromatic rings. The Bertz CT molecular complexity index is 931. The van der Waals surface area contributed by atoms with E-state index in [1.165, 1.54) is 36.6 Å². The number of hydrogen-bond acceptors (Lipinski definition) is 6. The molecule has 0 saturated carbocycles. The van der Waals surface area contributed by atoms with Crippen molar-refractivity contribution in [1.82, 2.24) is 0 Å². The molecule has 1 N–H and O–H groups in total. The minimum atomic E-state index is -0.737. The molecule has 3 rings (SSSR count). The summed E-state index contributed by atoms with van der Waals surface area (Å²) in [5.41, 5.74) is 0.297. The highest BCUT2D eigenvalue weighted by molar-refractivity contribution is 7.22. The molecular weight excluding hydrogens is 321 g/mol. The maximum absolute atomic E-state index is 13.1. The quantitative estimate of drug-likeness (QED) is 0.741. The average molecular weight is 333 g/mol. The van der Waals surface area contributed by atoms with Crippen LogP contribution in [0.25, 0.3) is 10.3 Å². The van der Waals surface area contributed by atoms with E-state index in [0.717, 1.165) is 10.6 Å². The van der Waals surface area contributed by atoms with Crippen molar-refractivity contribution >= 4 is 32.6 Å². The summed E-state index contributed by atoms with van der Waals surface area (Å²) in [6.07, 6.45) is 0. The topological polar surface area (TPSA) is 68.5 Å². The summed E-state index contributed by atoms with van der Waals surface area (Å²) in [6, 6.07) is 9.38. The van der Waals surface area contributed by atoms with Gasteiger partial charge in [-0.2, -0.15) is 0 Å². The summed E-state index contributed by atoms with van der Waals surface area (Å²) in [5.74, 6) is -1.03. The standard InChI is InChI=1S/C16H12FNO4S/c1-21-15(19)11-6-13-12(22-16(11)20)7-14(23-13)18-8-9-3-2-4-10(17)5-9/h2-7,18H,8H2,1H3. The first-order valence-corrected chi connectivity index (χ1v) is 7.53. The van der Waals surface area contributed by atoms with Crippen LogP contribution in [0.15, 0.2) is 45.6 Å². The van der Waals surface area contributed by atoms with Gasteiger partial charge in [0.25, 0.3) is 0 Å². The molecule has 0 unspecified atom stereocenters. The Morgan fingerprint density at radius 2 is 2.17 bits per heavy atom. The Balaban J connectivity index is 1.85. The van der Waals surface area contributed by atoms with Crippen LogP contribution in [0.5, 0.6) is 0 Å². The van der Waals surface area contributed by atoms with E-state index in [9.17, 15) is 14.0 Å². The SMILES string of the molecule is COC(=O)c1cc2sc(NCc3cccc(F)c3)cc2oc1=O. The van der Waals surface area contributed by atoms with E-state index in [-0.39, 0.29) is 11.4 Å². The lowest BCUT2D eigenvalue weighted by molar-refractivity contribution is 0.0596. The Morgan fingerprint density at radius 1 is 1.35 bits per heavy atom. The van der Waals surface area contributed by atoms with Gasteiger partial charge in [-0.3, -0.25) is 0 Å². The summed E-state index contributed by atoms with van der Waals surface area (Å²) in [5, 5.41) is 3.88. The van der Waals surface area contributed by atoms with Crippen LogP contribution >= 0.6 is 11.3 Å². The van der Waals surface area contributed by atoms with Crippen molar-refractivity contribution in [3.8, 4) is 0 Å². The van der Waals surface area contributed by atoms with Gasteiger partial charge in [0.1, 0.15) is 11.4 Å². The van der Waals surface area contributed by atoms with Gasteiger partial charge in [-0.05, 0) is 23.8 Å². The third kappa shape index (κ3) is 3.24. The largest absolute Gasteiger partial charge is 0.465 e. The van der Waals surface area contributed by atoms with Crippen LogP contribution in [0, 0.1) is 5.82 Å². The molecule has 0 spiro atoms. The number of fused-ring (bicyclic) bond motifs is 1. The zero-order chi connectivity index (χ0) is 16.4. The molecule has 2 aromatic heterocycles. The van der Waals surface area contributed by atoms with E-state index in [4.69, 9.17) is 4.42 Å². The van der Waals surface area contributed by atoms with Gasteiger partial charge in [-0.1, -0.05) is 12.1 Å². The number of thiophene rings is 1. The number of carbonyl (C=O) groups excluding carboxylic acids is 1. The van der Waals surface area contributed by atoms with Crippen molar-refractivity contribution in [1.29, 1.82) is 0 Å². The van der Waals surface area contributed by atoms with Crippen molar-refractivity contribution in [2.75, 3.05) is 12.4 Å². The fourth-order valence-electron chi connectivity index (χ4n) is 2.09. The van der Waals surface area contributed by atoms with E-state index >= 15 is 0 Å². The number of nitrogens with one attached hydrogen (secondary N) is 1. The third-order valence-corrected chi connectivity index (χ3v) is 4.21. The second kappa shape index (κ2) is 6.21. The van der Waals surface area contributed by atoms with Crippen LogP contribution in [-0.2, 0) is 11.3 Å². The van der Waals surface area contributed by atoms with E-state index in [1.54, 1.807) is 18.2 Å². The summed E-state index contributed by atoms with van der Waals surface area (Å²) < 4.78 is 23.5. The van der Waals surface area contributed by atoms with Crippen LogP contribution in [0.1, 0.15) is 15.9 Å². The van der Waals surface area contributed by atoms with Crippen molar-refractivity contribution in [2.24, 2.45) is 0 Å². The van der Waals surface area contributed by atoms with Crippen LogP contribution < -0.4 is 10.9 Å². The molecular formula is C16H12FNO4S. The Kier molecular flexibility index (Phi) is 4.12. The maximum atomic E-state index is 13.1. The van der Waals surface area contributed by atoms with Crippen molar-refractivity contribution in [2.45, 2.75) is 6.54 Å². The molecule has 1 aromatic carbocycles. The molecule has 23 heavy (non-hydrogen) atoms. The number of anilines is 1. The van der Waals surface area contributed by atoms with Gasteiger partial charge in [0.05, 0.1) is 16.8 Å². The number of methoxy groups -OCH3 is 1. The second-order valence-electron chi connectivity index (χ2n) is 4.76. The van der Waals surface area contributed by atoms with Gasteiger partial charge < -0.3 is 14.5 Å². The smallest absolute Gasteiger partial charge is 0.351 e. The lowest BCUT2D eigenvalue weighted by atomic mass is 10.2. The molecule has 2 heterocycles. The molecule has 5 nitrogen and oxygen atoms in total. The summed E-state index contributed by atoms with van der Waals surface area (Å²) in [4.78, 5) is 23.2. The number of benzene rings is 1. The lowest BCUT2D eigenvalue weighted by Crippen LogP contribution is -2.14. The molecule has 0 aliphatic rings. The van der Waals surface area contributed by atoms with Gasteiger partial charge in [0, 0.05) is 12.6 Å². The fourth-order valence-corrected chi connectivity index (χ4v) is 3.01. The van der Waals surface area contributed by atoms with Gasteiger partial charge in [0.15, 0.2) is 5.58 Å². The molecule has 0 aliphatic carbocycles. The Hall–Kier alpha value is -2.67. The minimum Gasteiger partial charge on any atom is -0.465 e. The van der Waals surface area contributed by atoms with Crippen molar-refractivity contribution < 1.29 is 18.3 Å². The van der Waals surface area contributed by atoms with E-state index in [1.807, 2.05) is 0 Å². The third-order valence-electron chi connectivity index (χ3n) is 3.18. The Labute approximate surface area is 134 Å². The molecule has 0 aliphatic heterocycles. The highest BCUT2D eigenvalue weighted by atomic mass is 32.1. The summed E-state index contributed by atoms with van der Waals surface area (Å²) in [7, 11) is 1.20. The summed E-state index contributed by atoms with van der Waals surface area (Å²) in [6.45, 7) is 0.429. The number of rotatable bonds is 4. The lowest BCUT2D eigenvalue weighted by Gasteiger charge is -2.03. The fraction of sp³-hybridized carbons (Fsp3) is 0.125. The monoisotopic (exact) mass is 333 g/mol. The second-order valence-corrected chi connectivity index (χ2v) is 5.85. The van der Waals surface area contributed by atoms with Crippen LogP contribution in [0.4, 0.5) is 9.39 Å². The van der Waals surface area contributed by atoms with E-state index in [2.05, 4.69) is 10.1 Å². The zero-order valence-corrected chi connectivity index (χ0v) is 12.9. The molecule has 0 amide bonds. The first-order valence-electron chi connectivity index (χ1n) is 6.71. The molecule has 0 saturated heterocycles. The first-order chi connectivity index (χ1) is 11.1. The first kappa shape index (κ1) is 15.2. The highest BCUT2D eigenvalue weighted by Crippen LogP contribution is 2.29. The number of hydrogen-bond donors (Lipinski definition) is 1. The number of esters is 1. The van der Waals surface area contributed by atoms with Gasteiger partial charge >= 0.3 is 11.6 Å². The maximum Gasteiger partial charge on any atom is 0.351 e. The predicted octanol–water partition coefficient (Wildman–Crippen LogP) is 3.39. The van der Waals surface area contributed by atoms with E-state index in [0.29, 0.717) is 16.8 Å². The van der Waals surface area contributed by atoms with Crippen molar-refractivity contribution in [3.05, 3.63) is 63.8 Å². The molecule has 7 heteroatoms. The Morgan fingerprint density at radius 3 is 2.91 bits per heavy atom. The van der Waals surface area contributed by atoms with Gasteiger partial charge in [0.2, 0.25) is 0 Å². The normalized spacial score (nSPS) is 10.7. The molecule has 0 atom stereocenters. The number of halogens is 1. The van der Waals surface area contributed by atoms with E-state index < -0.39 is 11.6 Å². The number of carbonyl (C=O) groups is 1. The molecule has 0 bridgehead atoms. The van der Waals surface area contributed by atoms with Crippen molar-refractivity contribution in [3.63, 3.8) is 0 Å². The minimum absolute atomic E-state index is 0.140. The molecule has 0 fully saturated rings. The highest BCUT2D eigenvalue weighted by Gasteiger charge is 2.15. The summed E-state index contributed by atoms with van der Waals surface area (Å²) >= 11 is 1.33. The zero-order valence-electron chi connectivity index (χ0n) is 12.1. The van der Waals surface area contributed by atoms with Crippen LogP contribution in [0.2, 0.25) is 0 Å². The van der Waals surface area contributed by atoms with Gasteiger partial charge in [-0.25, -0.2) is 14.0 Å².